The van der Waals surface area contributed by atoms with Crippen LogP contribution in [0.5, 0.6) is 0 Å². The van der Waals surface area contributed by atoms with E-state index in [4.69, 9.17) is 4.55 Å². The maximum Gasteiger partial charge on any atom is 0.426 e. The lowest BCUT2D eigenvalue weighted by Gasteiger charge is -2.27. The fourth-order valence-corrected chi connectivity index (χ4v) is 2.22. The standard InChI is InChI=1S/C9H14BrF3O5S/c1-3-8(2,5-10)7(14)18-6(9(11,12)13)4-19(15,16)17/h6H,3-5H2,1-2H3,(H,15,16,17). The molecule has 1 N–H and O–H groups in total. The number of hydrogen-bond acceptors (Lipinski definition) is 4. The Bertz CT molecular complexity index is 416. The van der Waals surface area contributed by atoms with E-state index in [1.165, 1.54) is 6.92 Å². The molecule has 0 saturated heterocycles. The Labute approximate surface area is 117 Å². The molecule has 0 aromatic rings. The van der Waals surface area contributed by atoms with E-state index in [-0.39, 0.29) is 11.8 Å². The monoisotopic (exact) mass is 370 g/mol. The highest BCUT2D eigenvalue weighted by Crippen LogP contribution is 2.30. The summed E-state index contributed by atoms with van der Waals surface area (Å²) >= 11 is 2.98. The van der Waals surface area contributed by atoms with E-state index in [0.29, 0.717) is 0 Å². The van der Waals surface area contributed by atoms with Crippen LogP contribution in [0.4, 0.5) is 13.2 Å². The Balaban J connectivity index is 5.10. The van der Waals surface area contributed by atoms with E-state index in [0.717, 1.165) is 0 Å². The summed E-state index contributed by atoms with van der Waals surface area (Å²) in [4.78, 5) is 11.6. The summed E-state index contributed by atoms with van der Waals surface area (Å²) < 4.78 is 71.3. The molecule has 2 unspecified atom stereocenters. The summed E-state index contributed by atoms with van der Waals surface area (Å²) in [6, 6.07) is 0. The molecule has 0 aromatic carbocycles. The van der Waals surface area contributed by atoms with Crippen molar-refractivity contribution < 1.29 is 35.7 Å². The fraction of sp³-hybridized carbons (Fsp3) is 0.889. The van der Waals surface area contributed by atoms with Gasteiger partial charge in [0.2, 0.25) is 6.10 Å². The largest absolute Gasteiger partial charge is 0.451 e. The quantitative estimate of drug-likeness (QED) is 0.440. The number of alkyl halides is 4. The summed E-state index contributed by atoms with van der Waals surface area (Å²) in [6.45, 7) is 2.96. The van der Waals surface area contributed by atoms with Crippen LogP contribution < -0.4 is 0 Å². The molecule has 10 heteroatoms. The zero-order valence-corrected chi connectivity index (χ0v) is 12.6. The lowest BCUT2D eigenvalue weighted by atomic mass is 9.90. The molecule has 0 spiro atoms. The molecule has 114 valence electrons. The van der Waals surface area contributed by atoms with Gasteiger partial charge in [-0.2, -0.15) is 21.6 Å². The van der Waals surface area contributed by atoms with Crippen molar-refractivity contribution in [2.45, 2.75) is 32.5 Å². The van der Waals surface area contributed by atoms with Crippen molar-refractivity contribution in [3.05, 3.63) is 0 Å². The molecule has 0 aliphatic rings. The highest BCUT2D eigenvalue weighted by Gasteiger charge is 2.47. The third-order valence-corrected chi connectivity index (χ3v) is 4.51. The van der Waals surface area contributed by atoms with Gasteiger partial charge in [0.1, 0.15) is 5.75 Å². The van der Waals surface area contributed by atoms with Gasteiger partial charge in [-0.3, -0.25) is 9.35 Å². The molecule has 19 heavy (non-hydrogen) atoms. The Hall–Kier alpha value is -0.350. The molecule has 0 radical (unpaired) electrons. The van der Waals surface area contributed by atoms with Gasteiger partial charge < -0.3 is 4.74 Å². The van der Waals surface area contributed by atoms with Crippen molar-refractivity contribution in [2.75, 3.05) is 11.1 Å². The van der Waals surface area contributed by atoms with Crippen LogP contribution in [0, 0.1) is 5.41 Å². The molecule has 0 fully saturated rings. The van der Waals surface area contributed by atoms with E-state index < -0.39 is 39.5 Å². The van der Waals surface area contributed by atoms with E-state index >= 15 is 0 Å². The molecule has 2 atom stereocenters. The zero-order chi connectivity index (χ0) is 15.5. The van der Waals surface area contributed by atoms with Gasteiger partial charge in [0, 0.05) is 5.33 Å². The second-order valence-electron chi connectivity index (χ2n) is 4.23. The highest BCUT2D eigenvalue weighted by atomic mass is 79.9. The maximum absolute atomic E-state index is 12.5. The number of rotatable bonds is 6. The molecule has 0 saturated carbocycles. The Kier molecular flexibility index (Phi) is 6.28. The molecule has 0 aromatic heterocycles. The Morgan fingerprint density at radius 3 is 2.16 bits per heavy atom. The van der Waals surface area contributed by atoms with Gasteiger partial charge in [-0.15, -0.1) is 0 Å². The van der Waals surface area contributed by atoms with Crippen molar-refractivity contribution in [1.82, 2.24) is 0 Å². The van der Waals surface area contributed by atoms with Crippen LogP contribution >= 0.6 is 15.9 Å². The predicted octanol–water partition coefficient (Wildman–Crippen LogP) is 2.16. The molecule has 5 nitrogen and oxygen atoms in total. The summed E-state index contributed by atoms with van der Waals surface area (Å²) in [7, 11) is -4.92. The van der Waals surface area contributed by atoms with Crippen LogP contribution in [0.3, 0.4) is 0 Å². The topological polar surface area (TPSA) is 80.7 Å². The van der Waals surface area contributed by atoms with Crippen LogP contribution in [0.1, 0.15) is 20.3 Å². The number of carbonyl (C=O) groups excluding carboxylic acids is 1. The average molecular weight is 371 g/mol. The minimum absolute atomic E-state index is 0.0613. The summed E-state index contributed by atoms with van der Waals surface area (Å²) in [5, 5.41) is 0.0613. The van der Waals surface area contributed by atoms with Gasteiger partial charge in [-0.05, 0) is 13.3 Å². The molecule has 0 aliphatic carbocycles. The van der Waals surface area contributed by atoms with Crippen molar-refractivity contribution >= 4 is 32.0 Å². The highest BCUT2D eigenvalue weighted by molar-refractivity contribution is 9.09. The van der Waals surface area contributed by atoms with E-state index in [1.807, 2.05) is 0 Å². The molecule has 0 heterocycles. The van der Waals surface area contributed by atoms with E-state index in [1.54, 1.807) is 6.92 Å². The first-order valence-corrected chi connectivity index (χ1v) is 7.87. The van der Waals surface area contributed by atoms with Gasteiger partial charge in [0.15, 0.2) is 0 Å². The molecule has 0 amide bonds. The lowest BCUT2D eigenvalue weighted by Crippen LogP contribution is -2.43. The van der Waals surface area contributed by atoms with Crippen molar-refractivity contribution in [2.24, 2.45) is 5.41 Å². The zero-order valence-electron chi connectivity index (χ0n) is 10.2. The molecular formula is C9H14BrF3O5S. The number of hydrogen-bond donors (Lipinski definition) is 1. The van der Waals surface area contributed by atoms with Crippen LogP contribution in [-0.4, -0.2) is 42.3 Å². The maximum atomic E-state index is 12.5. The van der Waals surface area contributed by atoms with E-state index in [2.05, 4.69) is 20.7 Å². The predicted molar refractivity (Wildman–Crippen MR) is 64.5 cm³/mol. The molecule has 0 bridgehead atoms. The fourth-order valence-electron chi connectivity index (χ4n) is 0.951. The Morgan fingerprint density at radius 1 is 1.42 bits per heavy atom. The smallest absolute Gasteiger partial charge is 0.426 e. The first-order valence-electron chi connectivity index (χ1n) is 5.14. The molecule has 0 aliphatic heterocycles. The second-order valence-corrected chi connectivity index (χ2v) is 6.29. The lowest BCUT2D eigenvalue weighted by molar-refractivity contribution is -0.220. The van der Waals surface area contributed by atoms with Crippen LogP contribution in [0.2, 0.25) is 0 Å². The van der Waals surface area contributed by atoms with Crippen molar-refractivity contribution in [3.63, 3.8) is 0 Å². The van der Waals surface area contributed by atoms with Crippen molar-refractivity contribution in [3.8, 4) is 0 Å². The van der Waals surface area contributed by atoms with E-state index in [9.17, 15) is 26.4 Å². The first-order chi connectivity index (χ1) is 8.35. The Morgan fingerprint density at radius 2 is 1.89 bits per heavy atom. The summed E-state index contributed by atoms with van der Waals surface area (Å²) in [6.07, 6.45) is -7.76. The summed E-state index contributed by atoms with van der Waals surface area (Å²) in [5.41, 5.74) is -1.21. The first kappa shape index (κ1) is 18.7. The van der Waals surface area contributed by atoms with Crippen LogP contribution in [-0.2, 0) is 19.6 Å². The average Bonchev–Trinajstić information content (AvgIpc) is 2.23. The number of esters is 1. The number of halogens is 4. The minimum atomic E-state index is -5.08. The summed E-state index contributed by atoms with van der Waals surface area (Å²) in [5.74, 6) is -2.90. The van der Waals surface area contributed by atoms with Gasteiger partial charge in [0.25, 0.3) is 10.1 Å². The SMILES string of the molecule is CCC(C)(CBr)C(=O)OC(CS(=O)(=O)O)C(F)(F)F. The second kappa shape index (κ2) is 6.40. The van der Waals surface area contributed by atoms with Gasteiger partial charge >= 0.3 is 12.1 Å². The molecular weight excluding hydrogens is 357 g/mol. The van der Waals surface area contributed by atoms with Crippen LogP contribution in [0.15, 0.2) is 0 Å². The van der Waals surface area contributed by atoms with Crippen LogP contribution in [0.25, 0.3) is 0 Å². The van der Waals surface area contributed by atoms with Crippen molar-refractivity contribution in [1.29, 1.82) is 0 Å². The van der Waals surface area contributed by atoms with Gasteiger partial charge in [-0.25, -0.2) is 0 Å². The number of ether oxygens (including phenoxy) is 1. The van der Waals surface area contributed by atoms with Gasteiger partial charge in [-0.1, -0.05) is 22.9 Å². The normalized spacial score (nSPS) is 17.6. The molecule has 0 rings (SSSR count). The van der Waals surface area contributed by atoms with Gasteiger partial charge in [0.05, 0.1) is 5.41 Å². The number of carbonyl (C=O) groups is 1. The third-order valence-electron chi connectivity index (χ3n) is 2.54. The third kappa shape index (κ3) is 6.09. The minimum Gasteiger partial charge on any atom is -0.451 e.